The number of rotatable bonds is 2. The van der Waals surface area contributed by atoms with Crippen molar-refractivity contribution in [2.45, 2.75) is 16.3 Å². The van der Waals surface area contributed by atoms with E-state index in [-0.39, 0.29) is 0 Å². The quantitative estimate of drug-likeness (QED) is 0.599. The lowest BCUT2D eigenvalue weighted by molar-refractivity contribution is 0.812. The van der Waals surface area contributed by atoms with E-state index >= 15 is 0 Å². The molecule has 0 fully saturated rings. The van der Waals surface area contributed by atoms with E-state index < -0.39 is 0 Å². The summed E-state index contributed by atoms with van der Waals surface area (Å²) >= 11 is 8.48. The lowest BCUT2D eigenvalue weighted by Crippen LogP contribution is -2.04. The SMILES string of the molecule is CNCc1cc(S)cc(S)c1. The first-order valence-corrected chi connectivity index (χ1v) is 4.28. The molecule has 11 heavy (non-hydrogen) atoms. The maximum absolute atomic E-state index is 4.24. The van der Waals surface area contributed by atoms with E-state index in [1.807, 2.05) is 25.2 Å². The number of benzene rings is 1. The molecular formula is C8H11NS2. The number of thiol groups is 2. The van der Waals surface area contributed by atoms with Crippen molar-refractivity contribution in [2.24, 2.45) is 0 Å². The van der Waals surface area contributed by atoms with Crippen LogP contribution in [0.2, 0.25) is 0 Å². The molecule has 1 nitrogen and oxygen atoms in total. The van der Waals surface area contributed by atoms with Crippen molar-refractivity contribution >= 4 is 25.3 Å². The summed E-state index contributed by atoms with van der Waals surface area (Å²) in [6, 6.07) is 5.98. The summed E-state index contributed by atoms with van der Waals surface area (Å²) in [7, 11) is 1.92. The minimum Gasteiger partial charge on any atom is -0.316 e. The van der Waals surface area contributed by atoms with Gasteiger partial charge in [-0.25, -0.2) is 0 Å². The third kappa shape index (κ3) is 2.77. The van der Waals surface area contributed by atoms with E-state index in [1.54, 1.807) is 0 Å². The highest BCUT2D eigenvalue weighted by Crippen LogP contribution is 2.15. The van der Waals surface area contributed by atoms with Gasteiger partial charge >= 0.3 is 0 Å². The first-order chi connectivity index (χ1) is 5.22. The van der Waals surface area contributed by atoms with Gasteiger partial charge in [0.2, 0.25) is 0 Å². The lowest BCUT2D eigenvalue weighted by Gasteiger charge is -2.02. The topological polar surface area (TPSA) is 12.0 Å². The fourth-order valence-electron chi connectivity index (χ4n) is 0.963. The summed E-state index contributed by atoms with van der Waals surface area (Å²) in [5, 5.41) is 3.07. The molecule has 1 rings (SSSR count). The molecule has 3 heteroatoms. The van der Waals surface area contributed by atoms with Crippen LogP contribution in [0.3, 0.4) is 0 Å². The van der Waals surface area contributed by atoms with Crippen molar-refractivity contribution in [1.29, 1.82) is 0 Å². The van der Waals surface area contributed by atoms with Gasteiger partial charge in [-0.3, -0.25) is 0 Å². The Morgan fingerprint density at radius 2 is 1.73 bits per heavy atom. The van der Waals surface area contributed by atoms with E-state index in [0.717, 1.165) is 16.3 Å². The molecule has 0 saturated carbocycles. The zero-order valence-corrected chi connectivity index (χ0v) is 8.12. The number of nitrogens with one attached hydrogen (secondary N) is 1. The van der Waals surface area contributed by atoms with Crippen molar-refractivity contribution in [1.82, 2.24) is 5.32 Å². The van der Waals surface area contributed by atoms with Gasteiger partial charge in [0, 0.05) is 16.3 Å². The summed E-state index contributed by atoms with van der Waals surface area (Å²) in [6.07, 6.45) is 0. The lowest BCUT2D eigenvalue weighted by atomic mass is 10.2. The van der Waals surface area contributed by atoms with Crippen LogP contribution in [0.4, 0.5) is 0 Å². The van der Waals surface area contributed by atoms with E-state index in [2.05, 4.69) is 30.6 Å². The number of hydrogen-bond acceptors (Lipinski definition) is 3. The zero-order valence-electron chi connectivity index (χ0n) is 6.33. The average molecular weight is 185 g/mol. The molecular weight excluding hydrogens is 174 g/mol. The largest absolute Gasteiger partial charge is 0.316 e. The summed E-state index contributed by atoms with van der Waals surface area (Å²) in [5.41, 5.74) is 1.21. The van der Waals surface area contributed by atoms with Crippen molar-refractivity contribution in [3.8, 4) is 0 Å². The van der Waals surface area contributed by atoms with Gasteiger partial charge in [0.15, 0.2) is 0 Å². The second-order valence-electron chi connectivity index (χ2n) is 2.39. The van der Waals surface area contributed by atoms with E-state index in [4.69, 9.17) is 0 Å². The summed E-state index contributed by atoms with van der Waals surface area (Å²) < 4.78 is 0. The Labute approximate surface area is 78.0 Å². The average Bonchev–Trinajstić information content (AvgIpc) is 1.85. The molecule has 1 aromatic rings. The molecule has 0 unspecified atom stereocenters. The third-order valence-corrected chi connectivity index (χ3v) is 1.86. The molecule has 0 amide bonds. The van der Waals surface area contributed by atoms with E-state index in [9.17, 15) is 0 Å². The molecule has 0 aromatic heterocycles. The van der Waals surface area contributed by atoms with Crippen molar-refractivity contribution in [3.63, 3.8) is 0 Å². The van der Waals surface area contributed by atoms with Crippen LogP contribution >= 0.6 is 25.3 Å². The van der Waals surface area contributed by atoms with Crippen LogP contribution in [0.1, 0.15) is 5.56 Å². The molecule has 0 bridgehead atoms. The Kier molecular flexibility index (Phi) is 3.30. The van der Waals surface area contributed by atoms with Gasteiger partial charge in [-0.1, -0.05) is 0 Å². The minimum atomic E-state index is 0.863. The highest BCUT2D eigenvalue weighted by Gasteiger charge is 1.94. The Morgan fingerprint density at radius 1 is 1.18 bits per heavy atom. The molecule has 0 saturated heterocycles. The molecule has 0 heterocycles. The van der Waals surface area contributed by atoms with E-state index in [0.29, 0.717) is 0 Å². The minimum absolute atomic E-state index is 0.863. The molecule has 1 aromatic carbocycles. The monoisotopic (exact) mass is 185 g/mol. The second-order valence-corrected chi connectivity index (χ2v) is 3.42. The van der Waals surface area contributed by atoms with Gasteiger partial charge in [0.25, 0.3) is 0 Å². The molecule has 0 aliphatic carbocycles. The van der Waals surface area contributed by atoms with Crippen LogP contribution in [0, 0.1) is 0 Å². The first-order valence-electron chi connectivity index (χ1n) is 3.39. The third-order valence-electron chi connectivity index (χ3n) is 1.34. The van der Waals surface area contributed by atoms with Gasteiger partial charge in [-0.05, 0) is 30.8 Å². The predicted octanol–water partition coefficient (Wildman–Crippen LogP) is 1.98. The summed E-state index contributed by atoms with van der Waals surface area (Å²) in [5.74, 6) is 0. The van der Waals surface area contributed by atoms with Crippen LogP contribution in [-0.4, -0.2) is 7.05 Å². The van der Waals surface area contributed by atoms with Crippen LogP contribution in [-0.2, 0) is 6.54 Å². The highest BCUT2D eigenvalue weighted by atomic mass is 32.1. The summed E-state index contributed by atoms with van der Waals surface area (Å²) in [6.45, 7) is 0.863. The van der Waals surface area contributed by atoms with E-state index in [1.165, 1.54) is 5.56 Å². The summed E-state index contributed by atoms with van der Waals surface area (Å²) in [4.78, 5) is 1.92. The standard InChI is InChI=1S/C8H11NS2/c1-9-5-6-2-7(10)4-8(11)3-6/h2-4,9-11H,5H2,1H3. The fraction of sp³-hybridized carbons (Fsp3) is 0.250. The number of hydrogen-bond donors (Lipinski definition) is 3. The van der Waals surface area contributed by atoms with Gasteiger partial charge in [-0.2, -0.15) is 0 Å². The maximum Gasteiger partial charge on any atom is 0.0203 e. The second kappa shape index (κ2) is 4.04. The van der Waals surface area contributed by atoms with Crippen molar-refractivity contribution < 1.29 is 0 Å². The molecule has 0 spiro atoms. The molecule has 0 radical (unpaired) electrons. The van der Waals surface area contributed by atoms with Crippen LogP contribution in [0.25, 0.3) is 0 Å². The zero-order chi connectivity index (χ0) is 8.27. The molecule has 60 valence electrons. The smallest absolute Gasteiger partial charge is 0.0203 e. The maximum atomic E-state index is 4.24. The molecule has 0 aliphatic heterocycles. The van der Waals surface area contributed by atoms with Gasteiger partial charge in [-0.15, -0.1) is 25.3 Å². The Morgan fingerprint density at radius 3 is 2.18 bits per heavy atom. The van der Waals surface area contributed by atoms with Crippen LogP contribution in [0.15, 0.2) is 28.0 Å². The molecule has 0 atom stereocenters. The van der Waals surface area contributed by atoms with Crippen LogP contribution < -0.4 is 5.32 Å². The Hall–Kier alpha value is -0.120. The Bertz CT molecular complexity index is 228. The van der Waals surface area contributed by atoms with Crippen molar-refractivity contribution in [3.05, 3.63) is 23.8 Å². The fourth-order valence-corrected chi connectivity index (χ4v) is 1.67. The van der Waals surface area contributed by atoms with Crippen molar-refractivity contribution in [2.75, 3.05) is 7.05 Å². The predicted molar refractivity (Wildman–Crippen MR) is 53.7 cm³/mol. The molecule has 0 aliphatic rings. The normalized spacial score (nSPS) is 10.1. The van der Waals surface area contributed by atoms with Crippen LogP contribution in [0.5, 0.6) is 0 Å². The highest BCUT2D eigenvalue weighted by molar-refractivity contribution is 7.81. The first kappa shape index (κ1) is 8.97. The van der Waals surface area contributed by atoms with Gasteiger partial charge in [0.05, 0.1) is 0 Å². The van der Waals surface area contributed by atoms with Gasteiger partial charge < -0.3 is 5.32 Å². The Balaban J connectivity index is 2.89. The molecule has 1 N–H and O–H groups in total. The van der Waals surface area contributed by atoms with Gasteiger partial charge in [0.1, 0.15) is 0 Å².